The van der Waals surface area contributed by atoms with Crippen LogP contribution in [0.5, 0.6) is 0 Å². The number of carbonyl (C=O) groups is 1. The molecule has 20 heavy (non-hydrogen) atoms. The van der Waals surface area contributed by atoms with Crippen molar-refractivity contribution in [2.45, 2.75) is 6.54 Å². The van der Waals surface area contributed by atoms with E-state index in [1.807, 2.05) is 0 Å². The minimum Gasteiger partial charge on any atom is -0.335 e. The summed E-state index contributed by atoms with van der Waals surface area (Å²) in [5.41, 5.74) is 0.848. The van der Waals surface area contributed by atoms with Crippen LogP contribution in [0.3, 0.4) is 0 Å². The summed E-state index contributed by atoms with van der Waals surface area (Å²) in [6, 6.07) is 6.85. The Balaban J connectivity index is 2.26. The van der Waals surface area contributed by atoms with E-state index in [0.717, 1.165) is 0 Å². The van der Waals surface area contributed by atoms with E-state index in [1.165, 1.54) is 10.9 Å². The van der Waals surface area contributed by atoms with Crippen LogP contribution >= 0.6 is 11.6 Å². The molecule has 0 amide bonds. The van der Waals surface area contributed by atoms with Gasteiger partial charge in [-0.3, -0.25) is 9.36 Å². The molecule has 2 heterocycles. The Hall–Kier alpha value is -2.47. The molecular formula is C13H8ClN3O3. The molecular weight excluding hydrogens is 282 g/mol. The van der Waals surface area contributed by atoms with Gasteiger partial charge >= 0.3 is 0 Å². The molecule has 0 saturated carbocycles. The third-order valence-electron chi connectivity index (χ3n) is 2.85. The van der Waals surface area contributed by atoms with E-state index in [1.54, 1.807) is 24.3 Å². The predicted octanol–water partition coefficient (Wildman–Crippen LogP) is 1.90. The number of halogens is 1. The Bertz CT molecular complexity index is 836. The first-order valence-corrected chi connectivity index (χ1v) is 6.13. The molecule has 6 nitrogen and oxygen atoms in total. The monoisotopic (exact) mass is 289 g/mol. The largest absolute Gasteiger partial charge is 0.335 e. The van der Waals surface area contributed by atoms with Crippen LogP contribution in [0.25, 0.3) is 22.4 Å². The lowest BCUT2D eigenvalue weighted by Gasteiger charge is -2.00. The Morgan fingerprint density at radius 2 is 2.05 bits per heavy atom. The smallest absolute Gasteiger partial charge is 0.267 e. The van der Waals surface area contributed by atoms with Gasteiger partial charge in [-0.2, -0.15) is 0 Å². The molecule has 0 aliphatic heterocycles. The van der Waals surface area contributed by atoms with Crippen LogP contribution in [-0.2, 0) is 11.3 Å². The van der Waals surface area contributed by atoms with Gasteiger partial charge < -0.3 is 9.32 Å². The number of hydrogen-bond acceptors (Lipinski definition) is 5. The lowest BCUT2D eigenvalue weighted by molar-refractivity contribution is -0.108. The molecule has 0 N–H and O–H groups in total. The first-order valence-electron chi connectivity index (χ1n) is 5.75. The topological polar surface area (TPSA) is 78.0 Å². The second-order valence-electron chi connectivity index (χ2n) is 4.09. The zero-order chi connectivity index (χ0) is 14.1. The fraction of sp³-hybridized carbons (Fsp3) is 0.0769. The van der Waals surface area contributed by atoms with Crippen molar-refractivity contribution in [1.82, 2.24) is 14.7 Å². The summed E-state index contributed by atoms with van der Waals surface area (Å²) >= 11 is 5.83. The highest BCUT2D eigenvalue weighted by atomic mass is 35.5. The van der Waals surface area contributed by atoms with Crippen molar-refractivity contribution in [1.29, 1.82) is 0 Å². The summed E-state index contributed by atoms with van der Waals surface area (Å²) in [6.45, 7) is -0.0625. The number of carbonyl (C=O) groups excluding carboxylic acids is 1. The number of aldehydes is 1. The average molecular weight is 290 g/mol. The van der Waals surface area contributed by atoms with Crippen molar-refractivity contribution in [3.8, 4) is 11.3 Å². The zero-order valence-electron chi connectivity index (χ0n) is 10.1. The van der Waals surface area contributed by atoms with Gasteiger partial charge in [-0.15, -0.1) is 0 Å². The van der Waals surface area contributed by atoms with E-state index >= 15 is 0 Å². The Morgan fingerprint density at radius 1 is 1.30 bits per heavy atom. The lowest BCUT2D eigenvalue weighted by Crippen LogP contribution is -2.21. The number of hydrogen-bond donors (Lipinski definition) is 0. The maximum absolute atomic E-state index is 12.3. The summed E-state index contributed by atoms with van der Waals surface area (Å²) in [4.78, 5) is 26.8. The zero-order valence-corrected chi connectivity index (χ0v) is 10.9. The highest BCUT2D eigenvalue weighted by molar-refractivity contribution is 6.30. The standard InChI is InChI=1S/C13H8ClN3O3/c14-9-3-1-8(2-4-9)11-10-12(20-16-11)15-7-17(5-6-18)13(10)19/h1-4,6-7H,5H2. The molecule has 0 radical (unpaired) electrons. The maximum atomic E-state index is 12.3. The van der Waals surface area contributed by atoms with Gasteiger partial charge in [0, 0.05) is 10.6 Å². The predicted molar refractivity (Wildman–Crippen MR) is 72.6 cm³/mol. The molecule has 0 aliphatic rings. The number of benzene rings is 1. The van der Waals surface area contributed by atoms with Gasteiger partial charge in [0.2, 0.25) is 0 Å². The van der Waals surface area contributed by atoms with Crippen LogP contribution in [0.4, 0.5) is 0 Å². The maximum Gasteiger partial charge on any atom is 0.267 e. The highest BCUT2D eigenvalue weighted by Crippen LogP contribution is 2.25. The van der Waals surface area contributed by atoms with Crippen molar-refractivity contribution in [3.05, 3.63) is 46.0 Å². The molecule has 7 heteroatoms. The van der Waals surface area contributed by atoms with Gasteiger partial charge in [0.05, 0.1) is 6.54 Å². The van der Waals surface area contributed by atoms with Crippen LogP contribution in [0.2, 0.25) is 5.02 Å². The van der Waals surface area contributed by atoms with Crippen molar-refractivity contribution < 1.29 is 9.32 Å². The lowest BCUT2D eigenvalue weighted by atomic mass is 10.1. The summed E-state index contributed by atoms with van der Waals surface area (Å²) in [7, 11) is 0. The second kappa shape index (κ2) is 4.90. The van der Waals surface area contributed by atoms with E-state index < -0.39 is 0 Å². The number of fused-ring (bicyclic) bond motifs is 1. The van der Waals surface area contributed by atoms with Gasteiger partial charge in [-0.25, -0.2) is 4.98 Å². The molecule has 0 aliphatic carbocycles. The van der Waals surface area contributed by atoms with E-state index in [-0.39, 0.29) is 23.2 Å². The SMILES string of the molecule is O=CCn1cnc2onc(-c3ccc(Cl)cc3)c2c1=O. The quantitative estimate of drug-likeness (QED) is 0.688. The van der Waals surface area contributed by atoms with Crippen LogP contribution in [0.15, 0.2) is 39.9 Å². The van der Waals surface area contributed by atoms with Crippen LogP contribution in [0.1, 0.15) is 0 Å². The molecule has 0 unspecified atom stereocenters. The van der Waals surface area contributed by atoms with E-state index in [0.29, 0.717) is 22.6 Å². The Labute approximate surface area is 117 Å². The molecule has 100 valence electrons. The van der Waals surface area contributed by atoms with Crippen LogP contribution in [0, 0.1) is 0 Å². The van der Waals surface area contributed by atoms with Gasteiger partial charge in [-0.1, -0.05) is 28.9 Å². The minimum atomic E-state index is -0.367. The van der Waals surface area contributed by atoms with Crippen LogP contribution < -0.4 is 5.56 Å². The molecule has 0 spiro atoms. The molecule has 1 aromatic carbocycles. The molecule has 0 bridgehead atoms. The summed E-state index contributed by atoms with van der Waals surface area (Å²) in [5, 5.41) is 4.70. The van der Waals surface area contributed by atoms with E-state index in [4.69, 9.17) is 16.1 Å². The molecule has 0 saturated heterocycles. The first kappa shape index (κ1) is 12.6. The molecule has 0 fully saturated rings. The van der Waals surface area contributed by atoms with Gasteiger partial charge in [0.1, 0.15) is 23.7 Å². The third-order valence-corrected chi connectivity index (χ3v) is 3.10. The summed E-state index contributed by atoms with van der Waals surface area (Å²) in [5.74, 6) is 0. The summed E-state index contributed by atoms with van der Waals surface area (Å²) in [6.07, 6.45) is 1.89. The van der Waals surface area contributed by atoms with Gasteiger partial charge in [0.25, 0.3) is 11.3 Å². The first-order chi connectivity index (χ1) is 9.70. The molecule has 2 aromatic heterocycles. The average Bonchev–Trinajstić information content (AvgIpc) is 2.88. The Morgan fingerprint density at radius 3 is 2.75 bits per heavy atom. The number of aromatic nitrogens is 3. The third kappa shape index (κ3) is 2.00. The second-order valence-corrected chi connectivity index (χ2v) is 4.52. The number of nitrogens with zero attached hydrogens (tertiary/aromatic N) is 3. The number of rotatable bonds is 3. The fourth-order valence-corrected chi connectivity index (χ4v) is 2.02. The van der Waals surface area contributed by atoms with Crippen molar-refractivity contribution in [2.75, 3.05) is 0 Å². The van der Waals surface area contributed by atoms with Crippen LogP contribution in [-0.4, -0.2) is 21.0 Å². The van der Waals surface area contributed by atoms with Crippen molar-refractivity contribution >= 4 is 29.0 Å². The van der Waals surface area contributed by atoms with Crippen molar-refractivity contribution in [2.24, 2.45) is 0 Å². The highest BCUT2D eigenvalue weighted by Gasteiger charge is 2.16. The minimum absolute atomic E-state index is 0.0625. The van der Waals surface area contributed by atoms with Crippen molar-refractivity contribution in [3.63, 3.8) is 0 Å². The Kier molecular flexibility index (Phi) is 3.08. The normalized spacial score (nSPS) is 10.8. The van der Waals surface area contributed by atoms with Gasteiger partial charge in [-0.05, 0) is 12.1 Å². The van der Waals surface area contributed by atoms with E-state index in [2.05, 4.69) is 10.1 Å². The van der Waals surface area contributed by atoms with E-state index in [9.17, 15) is 9.59 Å². The molecule has 0 atom stereocenters. The molecule has 3 rings (SSSR count). The summed E-state index contributed by atoms with van der Waals surface area (Å²) < 4.78 is 6.25. The fourth-order valence-electron chi connectivity index (χ4n) is 1.90. The molecule has 3 aromatic rings. The van der Waals surface area contributed by atoms with Gasteiger partial charge in [0.15, 0.2) is 0 Å².